The molecule has 1 heterocycles. The van der Waals surface area contributed by atoms with Crippen LogP contribution in [0.2, 0.25) is 5.02 Å². The molecule has 0 saturated carbocycles. The first kappa shape index (κ1) is 14.1. The molecule has 1 atom stereocenters. The summed E-state index contributed by atoms with van der Waals surface area (Å²) in [6.45, 7) is 4.42. The van der Waals surface area contributed by atoms with E-state index in [9.17, 15) is 4.79 Å². The highest BCUT2D eigenvalue weighted by atomic mass is 35.5. The molecule has 2 rings (SSSR count). The van der Waals surface area contributed by atoms with Crippen molar-refractivity contribution in [2.24, 2.45) is 5.84 Å². The van der Waals surface area contributed by atoms with E-state index in [1.807, 2.05) is 4.90 Å². The van der Waals surface area contributed by atoms with E-state index in [0.717, 1.165) is 13.1 Å². The Kier molecular flexibility index (Phi) is 4.29. The van der Waals surface area contributed by atoms with Crippen LogP contribution in [0.4, 0.5) is 5.69 Å². The first-order chi connectivity index (χ1) is 9.02. The predicted molar refractivity (Wildman–Crippen MR) is 77.3 cm³/mol. The number of amides is 1. The summed E-state index contributed by atoms with van der Waals surface area (Å²) in [6.07, 6.45) is 0. The van der Waals surface area contributed by atoms with E-state index in [4.69, 9.17) is 17.4 Å². The maximum atomic E-state index is 12.5. The molecular weight excluding hydrogens is 264 g/mol. The maximum absolute atomic E-state index is 12.5. The van der Waals surface area contributed by atoms with Gasteiger partial charge in [0.25, 0.3) is 5.91 Å². The second-order valence-electron chi connectivity index (χ2n) is 4.92. The molecule has 1 unspecified atom stereocenters. The summed E-state index contributed by atoms with van der Waals surface area (Å²) >= 11 is 5.96. The minimum absolute atomic E-state index is 0.0320. The minimum Gasteiger partial charge on any atom is -0.336 e. The number of hydrogen-bond acceptors (Lipinski definition) is 4. The van der Waals surface area contributed by atoms with Crippen molar-refractivity contribution in [1.82, 2.24) is 9.80 Å². The highest BCUT2D eigenvalue weighted by Crippen LogP contribution is 2.22. The van der Waals surface area contributed by atoms with Crippen molar-refractivity contribution in [3.8, 4) is 0 Å². The van der Waals surface area contributed by atoms with Crippen molar-refractivity contribution in [2.75, 3.05) is 32.1 Å². The molecule has 1 aromatic carbocycles. The van der Waals surface area contributed by atoms with E-state index in [-0.39, 0.29) is 5.91 Å². The standard InChI is InChI=1S/C13H19ClN4O/c1-9-8-18(6-5-17(9)2)13(19)11-7-10(14)3-4-12(11)16-15/h3-4,7,9,16H,5-6,8,15H2,1-2H3. The molecule has 1 fully saturated rings. The molecule has 6 heteroatoms. The van der Waals surface area contributed by atoms with Gasteiger partial charge in [-0.2, -0.15) is 0 Å². The van der Waals surface area contributed by atoms with E-state index in [1.54, 1.807) is 18.2 Å². The first-order valence-corrected chi connectivity index (χ1v) is 6.66. The van der Waals surface area contributed by atoms with Crippen LogP contribution in [0.3, 0.4) is 0 Å². The van der Waals surface area contributed by atoms with E-state index in [0.29, 0.717) is 28.9 Å². The number of anilines is 1. The molecule has 1 aromatic rings. The van der Waals surface area contributed by atoms with Gasteiger partial charge in [0.1, 0.15) is 0 Å². The number of carbonyl (C=O) groups is 1. The van der Waals surface area contributed by atoms with Crippen LogP contribution in [0, 0.1) is 0 Å². The number of nitrogens with two attached hydrogens (primary N) is 1. The number of hydrazine groups is 1. The molecule has 0 aromatic heterocycles. The number of hydrogen-bond donors (Lipinski definition) is 2. The number of rotatable bonds is 2. The lowest BCUT2D eigenvalue weighted by atomic mass is 10.1. The first-order valence-electron chi connectivity index (χ1n) is 6.28. The van der Waals surface area contributed by atoms with Crippen LogP contribution < -0.4 is 11.3 Å². The van der Waals surface area contributed by atoms with E-state index < -0.39 is 0 Å². The zero-order valence-corrected chi connectivity index (χ0v) is 11.9. The fourth-order valence-corrected chi connectivity index (χ4v) is 2.39. The Morgan fingerprint density at radius 2 is 2.21 bits per heavy atom. The van der Waals surface area contributed by atoms with Gasteiger partial charge in [-0.1, -0.05) is 11.6 Å². The highest BCUT2D eigenvalue weighted by molar-refractivity contribution is 6.31. The fourth-order valence-electron chi connectivity index (χ4n) is 2.22. The molecule has 1 aliphatic heterocycles. The van der Waals surface area contributed by atoms with Crippen molar-refractivity contribution in [3.05, 3.63) is 28.8 Å². The molecule has 5 nitrogen and oxygen atoms in total. The molecule has 104 valence electrons. The van der Waals surface area contributed by atoms with Crippen LogP contribution in [0.1, 0.15) is 17.3 Å². The fraction of sp³-hybridized carbons (Fsp3) is 0.462. The number of piperazine rings is 1. The van der Waals surface area contributed by atoms with Gasteiger partial charge < -0.3 is 15.2 Å². The van der Waals surface area contributed by atoms with Crippen LogP contribution >= 0.6 is 11.6 Å². The van der Waals surface area contributed by atoms with Gasteiger partial charge in [0.2, 0.25) is 0 Å². The predicted octanol–water partition coefficient (Wildman–Crippen LogP) is 1.40. The molecule has 1 amide bonds. The SMILES string of the molecule is CC1CN(C(=O)c2cc(Cl)ccc2NN)CCN1C. The highest BCUT2D eigenvalue weighted by Gasteiger charge is 2.26. The van der Waals surface area contributed by atoms with Crippen LogP contribution in [0.5, 0.6) is 0 Å². The van der Waals surface area contributed by atoms with Crippen molar-refractivity contribution >= 4 is 23.2 Å². The Labute approximate surface area is 118 Å². The van der Waals surface area contributed by atoms with Gasteiger partial charge in [-0.05, 0) is 32.2 Å². The molecule has 0 aliphatic carbocycles. The smallest absolute Gasteiger partial charge is 0.256 e. The monoisotopic (exact) mass is 282 g/mol. The Hall–Kier alpha value is -1.30. The summed E-state index contributed by atoms with van der Waals surface area (Å²) in [6, 6.07) is 5.43. The van der Waals surface area contributed by atoms with E-state index in [2.05, 4.69) is 24.3 Å². The molecule has 0 bridgehead atoms. The Morgan fingerprint density at radius 3 is 2.84 bits per heavy atom. The quantitative estimate of drug-likeness (QED) is 0.636. The Morgan fingerprint density at radius 1 is 1.47 bits per heavy atom. The normalized spacial score (nSPS) is 20.4. The van der Waals surface area contributed by atoms with Crippen molar-refractivity contribution < 1.29 is 4.79 Å². The molecule has 1 aliphatic rings. The van der Waals surface area contributed by atoms with Gasteiger partial charge >= 0.3 is 0 Å². The summed E-state index contributed by atoms with van der Waals surface area (Å²) in [5.41, 5.74) is 3.66. The Bertz CT molecular complexity index is 480. The Balaban J connectivity index is 2.22. The summed E-state index contributed by atoms with van der Waals surface area (Å²) in [5, 5.41) is 0.532. The average Bonchev–Trinajstić information content (AvgIpc) is 2.41. The largest absolute Gasteiger partial charge is 0.336 e. The number of nitrogens with zero attached hydrogens (tertiary/aromatic N) is 2. The van der Waals surface area contributed by atoms with Crippen LogP contribution in [0.25, 0.3) is 0 Å². The molecule has 1 saturated heterocycles. The van der Waals surface area contributed by atoms with E-state index in [1.165, 1.54) is 0 Å². The second-order valence-corrected chi connectivity index (χ2v) is 5.35. The third kappa shape index (κ3) is 3.00. The summed E-state index contributed by atoms with van der Waals surface area (Å²) in [4.78, 5) is 16.6. The van der Waals surface area contributed by atoms with Gasteiger partial charge in [-0.3, -0.25) is 10.6 Å². The topological polar surface area (TPSA) is 61.6 Å². The number of carbonyl (C=O) groups excluding carboxylic acids is 1. The van der Waals surface area contributed by atoms with Gasteiger partial charge in [0.05, 0.1) is 11.3 Å². The van der Waals surface area contributed by atoms with Gasteiger partial charge in [-0.15, -0.1) is 0 Å². The van der Waals surface area contributed by atoms with Crippen LogP contribution in [-0.4, -0.2) is 48.4 Å². The molecule has 0 spiro atoms. The average molecular weight is 283 g/mol. The van der Waals surface area contributed by atoms with Gasteiger partial charge in [0.15, 0.2) is 0 Å². The lowest BCUT2D eigenvalue weighted by molar-refractivity contribution is 0.0573. The summed E-state index contributed by atoms with van der Waals surface area (Å²) < 4.78 is 0. The molecule has 3 N–H and O–H groups in total. The lowest BCUT2D eigenvalue weighted by Crippen LogP contribution is -2.52. The van der Waals surface area contributed by atoms with Crippen molar-refractivity contribution in [1.29, 1.82) is 0 Å². The van der Waals surface area contributed by atoms with Crippen LogP contribution in [-0.2, 0) is 0 Å². The summed E-state index contributed by atoms with van der Waals surface area (Å²) in [7, 11) is 2.07. The maximum Gasteiger partial charge on any atom is 0.256 e. The number of nitrogens with one attached hydrogen (secondary N) is 1. The van der Waals surface area contributed by atoms with Crippen molar-refractivity contribution in [2.45, 2.75) is 13.0 Å². The lowest BCUT2D eigenvalue weighted by Gasteiger charge is -2.37. The summed E-state index contributed by atoms with van der Waals surface area (Å²) in [5.74, 6) is 5.41. The zero-order chi connectivity index (χ0) is 14.0. The zero-order valence-electron chi connectivity index (χ0n) is 11.2. The molecular formula is C13H19ClN4O. The third-order valence-electron chi connectivity index (χ3n) is 3.61. The second kappa shape index (κ2) is 5.77. The van der Waals surface area contributed by atoms with Gasteiger partial charge in [0, 0.05) is 30.7 Å². The molecule has 0 radical (unpaired) electrons. The number of benzene rings is 1. The van der Waals surface area contributed by atoms with Crippen LogP contribution in [0.15, 0.2) is 18.2 Å². The van der Waals surface area contributed by atoms with E-state index >= 15 is 0 Å². The third-order valence-corrected chi connectivity index (χ3v) is 3.85. The van der Waals surface area contributed by atoms with Crippen molar-refractivity contribution in [3.63, 3.8) is 0 Å². The number of nitrogen functional groups attached to an aromatic ring is 1. The van der Waals surface area contributed by atoms with Gasteiger partial charge in [-0.25, -0.2) is 0 Å². The number of halogens is 1. The number of likely N-dealkylation sites (N-methyl/N-ethyl adjacent to an activating group) is 1. The molecule has 19 heavy (non-hydrogen) atoms. The minimum atomic E-state index is -0.0320.